The molecule has 126 valence electrons. The van der Waals surface area contributed by atoms with Gasteiger partial charge in [0.25, 0.3) is 0 Å². The fourth-order valence-corrected chi connectivity index (χ4v) is 3.32. The predicted octanol–water partition coefficient (Wildman–Crippen LogP) is 6.38. The molecule has 26 heavy (non-hydrogen) atoms. The minimum Gasteiger partial charge on any atom is -0.463 e. The van der Waals surface area contributed by atoms with Gasteiger partial charge < -0.3 is 8.83 Å². The predicted molar refractivity (Wildman–Crippen MR) is 102 cm³/mol. The molecule has 4 rings (SSSR count). The van der Waals surface area contributed by atoms with Gasteiger partial charge in [0.1, 0.15) is 28.3 Å². The standard InChI is InChI=1S/C20H11ClN2O2S/c21-15-5-3-13(4-6-15)18-8-7-16(25-18)10-14(11-22)20-23-17(12-26-20)19-2-1-9-24-19/h1-10,12H/b14-10+. The quantitative estimate of drug-likeness (QED) is 0.386. The molecule has 0 aliphatic rings. The summed E-state index contributed by atoms with van der Waals surface area (Å²) in [5.41, 5.74) is 2.06. The molecule has 3 aromatic heterocycles. The Morgan fingerprint density at radius 1 is 1.12 bits per heavy atom. The lowest BCUT2D eigenvalue weighted by atomic mass is 10.2. The Bertz CT molecular complexity index is 1100. The number of aromatic nitrogens is 1. The first kappa shape index (κ1) is 16.4. The minimum atomic E-state index is 0.435. The van der Waals surface area contributed by atoms with Crippen LogP contribution in [0.25, 0.3) is 34.4 Å². The largest absolute Gasteiger partial charge is 0.463 e. The van der Waals surface area contributed by atoms with E-state index < -0.39 is 0 Å². The maximum Gasteiger partial charge on any atom is 0.153 e. The van der Waals surface area contributed by atoms with Crippen LogP contribution in [0.4, 0.5) is 0 Å². The Labute approximate surface area is 158 Å². The Kier molecular flexibility index (Phi) is 4.44. The smallest absolute Gasteiger partial charge is 0.153 e. The monoisotopic (exact) mass is 378 g/mol. The summed E-state index contributed by atoms with van der Waals surface area (Å²) < 4.78 is 11.2. The van der Waals surface area contributed by atoms with Gasteiger partial charge in [-0.25, -0.2) is 4.98 Å². The third-order valence-corrected chi connectivity index (χ3v) is 4.80. The molecule has 1 aromatic carbocycles. The van der Waals surface area contributed by atoms with Gasteiger partial charge in [-0.2, -0.15) is 5.26 Å². The van der Waals surface area contributed by atoms with E-state index in [4.69, 9.17) is 20.4 Å². The number of nitriles is 1. The normalized spacial score (nSPS) is 11.5. The average molecular weight is 379 g/mol. The Morgan fingerprint density at radius 2 is 1.96 bits per heavy atom. The van der Waals surface area contributed by atoms with Crippen molar-refractivity contribution in [2.24, 2.45) is 0 Å². The number of rotatable bonds is 4. The number of nitrogens with zero attached hydrogens (tertiary/aromatic N) is 2. The highest BCUT2D eigenvalue weighted by atomic mass is 35.5. The number of hydrogen-bond acceptors (Lipinski definition) is 5. The molecule has 6 heteroatoms. The maximum absolute atomic E-state index is 9.50. The van der Waals surface area contributed by atoms with Crippen molar-refractivity contribution in [2.75, 3.05) is 0 Å². The lowest BCUT2D eigenvalue weighted by Crippen LogP contribution is -1.81. The molecule has 0 aliphatic heterocycles. The van der Waals surface area contributed by atoms with E-state index >= 15 is 0 Å². The first-order valence-corrected chi connectivity index (χ1v) is 8.96. The third-order valence-electron chi connectivity index (χ3n) is 3.67. The van der Waals surface area contributed by atoms with Crippen molar-refractivity contribution < 1.29 is 8.83 Å². The van der Waals surface area contributed by atoms with Crippen LogP contribution < -0.4 is 0 Å². The third kappa shape index (κ3) is 3.33. The number of furan rings is 2. The Morgan fingerprint density at radius 3 is 2.69 bits per heavy atom. The van der Waals surface area contributed by atoms with Crippen molar-refractivity contribution >= 4 is 34.6 Å². The summed E-state index contributed by atoms with van der Waals surface area (Å²) in [6, 6.07) is 16.9. The molecule has 0 fully saturated rings. The van der Waals surface area contributed by atoms with Crippen molar-refractivity contribution in [3.8, 4) is 28.8 Å². The molecule has 0 N–H and O–H groups in total. The van der Waals surface area contributed by atoms with Crippen LogP contribution in [-0.4, -0.2) is 4.98 Å². The summed E-state index contributed by atoms with van der Waals surface area (Å²) in [5, 5.41) is 12.6. The molecule has 0 saturated heterocycles. The van der Waals surface area contributed by atoms with E-state index in [0.717, 1.165) is 5.56 Å². The van der Waals surface area contributed by atoms with Crippen LogP contribution in [0.3, 0.4) is 0 Å². The topological polar surface area (TPSA) is 63.0 Å². The molecule has 4 nitrogen and oxygen atoms in total. The number of thiazole rings is 1. The van der Waals surface area contributed by atoms with Crippen LogP contribution in [0, 0.1) is 11.3 Å². The summed E-state index contributed by atoms with van der Waals surface area (Å²) in [7, 11) is 0. The van der Waals surface area contributed by atoms with E-state index in [1.165, 1.54) is 11.3 Å². The fraction of sp³-hybridized carbons (Fsp3) is 0. The molecule has 0 radical (unpaired) electrons. The molecular formula is C20H11ClN2O2S. The fourth-order valence-electron chi connectivity index (χ4n) is 2.42. The second-order valence-corrected chi connectivity index (χ2v) is 6.69. The zero-order valence-electron chi connectivity index (χ0n) is 13.3. The number of benzene rings is 1. The molecule has 0 atom stereocenters. The lowest BCUT2D eigenvalue weighted by molar-refractivity contribution is 0.572. The first-order valence-electron chi connectivity index (χ1n) is 7.70. The summed E-state index contributed by atoms with van der Waals surface area (Å²) in [5.74, 6) is 1.97. The van der Waals surface area contributed by atoms with Crippen molar-refractivity contribution in [3.05, 3.63) is 76.0 Å². The Hall–Kier alpha value is -3.07. The molecule has 0 spiro atoms. The molecule has 0 aliphatic carbocycles. The molecule has 0 saturated carbocycles. The van der Waals surface area contributed by atoms with E-state index in [2.05, 4.69) is 11.1 Å². The molecule has 0 amide bonds. The summed E-state index contributed by atoms with van der Waals surface area (Å²) in [6.45, 7) is 0. The van der Waals surface area contributed by atoms with E-state index in [0.29, 0.717) is 38.6 Å². The van der Waals surface area contributed by atoms with E-state index in [1.807, 2.05) is 35.7 Å². The van der Waals surface area contributed by atoms with Crippen LogP contribution in [0.5, 0.6) is 0 Å². The van der Waals surface area contributed by atoms with Gasteiger partial charge in [0.05, 0.1) is 11.8 Å². The van der Waals surface area contributed by atoms with Crippen molar-refractivity contribution in [1.29, 1.82) is 5.26 Å². The van der Waals surface area contributed by atoms with Gasteiger partial charge in [-0.15, -0.1) is 11.3 Å². The molecule has 3 heterocycles. The Balaban J connectivity index is 1.62. The van der Waals surface area contributed by atoms with Gasteiger partial charge in [-0.3, -0.25) is 0 Å². The maximum atomic E-state index is 9.50. The zero-order valence-corrected chi connectivity index (χ0v) is 14.9. The summed E-state index contributed by atoms with van der Waals surface area (Å²) in [6.07, 6.45) is 3.28. The molecule has 4 aromatic rings. The summed E-state index contributed by atoms with van der Waals surface area (Å²) in [4.78, 5) is 4.47. The van der Waals surface area contributed by atoms with E-state index in [1.54, 1.807) is 30.5 Å². The second-order valence-electron chi connectivity index (χ2n) is 5.39. The van der Waals surface area contributed by atoms with Gasteiger partial charge >= 0.3 is 0 Å². The van der Waals surface area contributed by atoms with Crippen molar-refractivity contribution in [2.45, 2.75) is 0 Å². The lowest BCUT2D eigenvalue weighted by Gasteiger charge is -1.97. The van der Waals surface area contributed by atoms with Gasteiger partial charge in [0.2, 0.25) is 0 Å². The van der Waals surface area contributed by atoms with Crippen molar-refractivity contribution in [1.82, 2.24) is 4.98 Å². The van der Waals surface area contributed by atoms with Crippen LogP contribution in [0.1, 0.15) is 10.8 Å². The highest BCUT2D eigenvalue weighted by Gasteiger charge is 2.12. The van der Waals surface area contributed by atoms with Crippen LogP contribution in [0.2, 0.25) is 5.02 Å². The molecule has 0 bridgehead atoms. The first-order chi connectivity index (χ1) is 12.7. The van der Waals surface area contributed by atoms with Crippen LogP contribution >= 0.6 is 22.9 Å². The van der Waals surface area contributed by atoms with Gasteiger partial charge in [0.15, 0.2) is 5.76 Å². The highest BCUT2D eigenvalue weighted by Crippen LogP contribution is 2.29. The van der Waals surface area contributed by atoms with Crippen LogP contribution in [-0.2, 0) is 0 Å². The van der Waals surface area contributed by atoms with Crippen molar-refractivity contribution in [3.63, 3.8) is 0 Å². The highest BCUT2D eigenvalue weighted by molar-refractivity contribution is 7.11. The number of allylic oxidation sites excluding steroid dienone is 1. The molecular weight excluding hydrogens is 368 g/mol. The van der Waals surface area contributed by atoms with E-state index in [9.17, 15) is 5.26 Å². The van der Waals surface area contributed by atoms with Crippen LogP contribution in [0.15, 0.2) is 69.0 Å². The number of hydrogen-bond donors (Lipinski definition) is 0. The van der Waals surface area contributed by atoms with Gasteiger partial charge in [0, 0.05) is 22.0 Å². The summed E-state index contributed by atoms with van der Waals surface area (Å²) >= 11 is 7.30. The van der Waals surface area contributed by atoms with E-state index in [-0.39, 0.29) is 0 Å². The zero-order chi connectivity index (χ0) is 17.9. The molecule has 0 unspecified atom stereocenters. The SMILES string of the molecule is N#C/C(=C\c1ccc(-c2ccc(Cl)cc2)o1)c1nc(-c2ccco2)cs1. The number of halogens is 1. The van der Waals surface area contributed by atoms with Gasteiger partial charge in [-0.05, 0) is 48.5 Å². The average Bonchev–Trinajstić information content (AvgIpc) is 3.40. The second kappa shape index (κ2) is 7.04. The van der Waals surface area contributed by atoms with Gasteiger partial charge in [-0.1, -0.05) is 11.6 Å². The minimum absolute atomic E-state index is 0.435.